The van der Waals surface area contributed by atoms with Crippen LogP contribution in [0.1, 0.15) is 27.0 Å². The topological polar surface area (TPSA) is 54.9 Å². The molecule has 2 heterocycles. The highest BCUT2D eigenvalue weighted by Crippen LogP contribution is 2.27. The quantitative estimate of drug-likeness (QED) is 0.584. The zero-order chi connectivity index (χ0) is 22.5. The highest BCUT2D eigenvalue weighted by atomic mass is 16.5. The maximum atomic E-state index is 13.2. The molecule has 1 amide bonds. The van der Waals surface area contributed by atoms with E-state index in [2.05, 4.69) is 16.0 Å². The summed E-state index contributed by atoms with van der Waals surface area (Å²) in [7, 11) is 1.68. The van der Waals surface area contributed by atoms with Crippen LogP contribution in [0, 0.1) is 13.8 Å². The Morgan fingerprint density at radius 2 is 1.75 bits per heavy atom. The minimum Gasteiger partial charge on any atom is -0.497 e. The standard InChI is InChI=1S/C26H29N3O3/c1-19-14-22(15-20(2)25(19)32-18-21-6-5-9-27-17-21)26(30)29-12-10-28(11-13-29)23-7-4-8-24(16-23)31-3/h4-9,14-17H,10-13,18H2,1-3H3. The number of piperazine rings is 1. The Balaban J connectivity index is 1.40. The van der Waals surface area contributed by atoms with Gasteiger partial charge in [-0.2, -0.15) is 0 Å². The molecule has 166 valence electrons. The molecule has 1 fully saturated rings. The van der Waals surface area contributed by atoms with Gasteiger partial charge in [0.15, 0.2) is 0 Å². The molecule has 1 aliphatic heterocycles. The monoisotopic (exact) mass is 431 g/mol. The van der Waals surface area contributed by atoms with Crippen LogP contribution in [0.15, 0.2) is 60.9 Å². The van der Waals surface area contributed by atoms with Crippen LogP contribution >= 0.6 is 0 Å². The molecule has 0 saturated carbocycles. The number of aryl methyl sites for hydroxylation is 2. The number of ether oxygens (including phenoxy) is 2. The molecule has 0 spiro atoms. The Bertz CT molecular complexity index is 1050. The van der Waals surface area contributed by atoms with Gasteiger partial charge >= 0.3 is 0 Å². The van der Waals surface area contributed by atoms with Crippen molar-refractivity contribution in [2.75, 3.05) is 38.2 Å². The number of carbonyl (C=O) groups excluding carboxylic acids is 1. The van der Waals surface area contributed by atoms with Crippen LogP contribution in [-0.2, 0) is 6.61 Å². The fraction of sp³-hybridized carbons (Fsp3) is 0.308. The van der Waals surface area contributed by atoms with Crippen molar-refractivity contribution < 1.29 is 14.3 Å². The van der Waals surface area contributed by atoms with Gasteiger partial charge in [-0.1, -0.05) is 12.1 Å². The summed E-state index contributed by atoms with van der Waals surface area (Å²) in [5, 5.41) is 0. The van der Waals surface area contributed by atoms with Gasteiger partial charge in [-0.05, 0) is 55.3 Å². The van der Waals surface area contributed by atoms with Gasteiger partial charge in [-0.15, -0.1) is 0 Å². The van der Waals surface area contributed by atoms with E-state index < -0.39 is 0 Å². The van der Waals surface area contributed by atoms with Gasteiger partial charge in [-0.25, -0.2) is 0 Å². The lowest BCUT2D eigenvalue weighted by atomic mass is 10.0. The van der Waals surface area contributed by atoms with Crippen molar-refractivity contribution in [3.05, 3.63) is 83.2 Å². The summed E-state index contributed by atoms with van der Waals surface area (Å²) in [6.07, 6.45) is 3.55. The molecule has 3 aromatic rings. The van der Waals surface area contributed by atoms with E-state index in [0.29, 0.717) is 25.3 Å². The molecule has 0 bridgehead atoms. The SMILES string of the molecule is COc1cccc(N2CCN(C(=O)c3cc(C)c(OCc4cccnc4)c(C)c3)CC2)c1. The van der Waals surface area contributed by atoms with E-state index in [9.17, 15) is 4.79 Å². The highest BCUT2D eigenvalue weighted by molar-refractivity contribution is 5.95. The number of anilines is 1. The van der Waals surface area contributed by atoms with Crippen molar-refractivity contribution in [3.8, 4) is 11.5 Å². The number of benzene rings is 2. The zero-order valence-corrected chi connectivity index (χ0v) is 18.9. The van der Waals surface area contributed by atoms with Gasteiger partial charge in [0.05, 0.1) is 7.11 Å². The normalized spacial score (nSPS) is 13.7. The minimum atomic E-state index is 0.0697. The van der Waals surface area contributed by atoms with E-state index in [4.69, 9.17) is 9.47 Å². The maximum absolute atomic E-state index is 13.2. The number of aromatic nitrogens is 1. The van der Waals surface area contributed by atoms with Crippen LogP contribution in [-0.4, -0.2) is 49.1 Å². The molecule has 4 rings (SSSR count). The molecule has 6 nitrogen and oxygen atoms in total. The van der Waals surface area contributed by atoms with Crippen LogP contribution in [0.3, 0.4) is 0 Å². The first kappa shape index (κ1) is 21.7. The van der Waals surface area contributed by atoms with Gasteiger partial charge in [0.2, 0.25) is 0 Å². The molecule has 0 radical (unpaired) electrons. The molecule has 1 saturated heterocycles. The summed E-state index contributed by atoms with van der Waals surface area (Å²) >= 11 is 0. The van der Waals surface area contributed by atoms with Gasteiger partial charge in [0.1, 0.15) is 18.1 Å². The molecule has 1 aliphatic rings. The number of hydrogen-bond donors (Lipinski definition) is 0. The first-order chi connectivity index (χ1) is 15.5. The summed E-state index contributed by atoms with van der Waals surface area (Å²) in [6.45, 7) is 7.40. The van der Waals surface area contributed by atoms with Crippen molar-refractivity contribution in [1.29, 1.82) is 0 Å². The maximum Gasteiger partial charge on any atom is 0.253 e. The lowest BCUT2D eigenvalue weighted by Crippen LogP contribution is -2.48. The largest absolute Gasteiger partial charge is 0.497 e. The fourth-order valence-electron chi connectivity index (χ4n) is 4.10. The average Bonchev–Trinajstić information content (AvgIpc) is 2.83. The summed E-state index contributed by atoms with van der Waals surface area (Å²) in [5.74, 6) is 1.74. The molecular weight excluding hydrogens is 402 g/mol. The number of pyridine rings is 1. The van der Waals surface area contributed by atoms with Gasteiger partial charge < -0.3 is 19.3 Å². The first-order valence-electron chi connectivity index (χ1n) is 10.9. The number of carbonyl (C=O) groups is 1. The second-order valence-electron chi connectivity index (χ2n) is 8.07. The summed E-state index contributed by atoms with van der Waals surface area (Å²) in [5.41, 5.74) is 4.78. The number of nitrogens with zero attached hydrogens (tertiary/aromatic N) is 3. The lowest BCUT2D eigenvalue weighted by molar-refractivity contribution is 0.0746. The predicted octanol–water partition coefficient (Wildman–Crippen LogP) is 4.25. The van der Waals surface area contributed by atoms with Crippen LogP contribution < -0.4 is 14.4 Å². The van der Waals surface area contributed by atoms with Crippen LogP contribution in [0.25, 0.3) is 0 Å². The Morgan fingerprint density at radius 1 is 1.00 bits per heavy atom. The van der Waals surface area contributed by atoms with Crippen molar-refractivity contribution in [2.45, 2.75) is 20.5 Å². The second-order valence-corrected chi connectivity index (χ2v) is 8.07. The van der Waals surface area contributed by atoms with Crippen molar-refractivity contribution in [2.24, 2.45) is 0 Å². The minimum absolute atomic E-state index is 0.0697. The van der Waals surface area contributed by atoms with E-state index in [1.54, 1.807) is 19.5 Å². The lowest BCUT2D eigenvalue weighted by Gasteiger charge is -2.36. The third-order valence-corrected chi connectivity index (χ3v) is 5.80. The number of amides is 1. The van der Waals surface area contributed by atoms with Crippen LogP contribution in [0.4, 0.5) is 5.69 Å². The third-order valence-electron chi connectivity index (χ3n) is 5.80. The molecule has 0 aliphatic carbocycles. The van der Waals surface area contributed by atoms with Gasteiger partial charge in [-0.3, -0.25) is 9.78 Å². The van der Waals surface area contributed by atoms with Gasteiger partial charge in [0.25, 0.3) is 5.91 Å². The average molecular weight is 432 g/mol. The predicted molar refractivity (Wildman–Crippen MR) is 126 cm³/mol. The molecule has 0 N–H and O–H groups in total. The Labute approximate surface area is 189 Å². The van der Waals surface area contributed by atoms with E-state index >= 15 is 0 Å². The fourth-order valence-corrected chi connectivity index (χ4v) is 4.10. The van der Waals surface area contributed by atoms with E-state index in [-0.39, 0.29) is 5.91 Å². The molecule has 2 aromatic carbocycles. The number of hydrogen-bond acceptors (Lipinski definition) is 5. The second kappa shape index (κ2) is 9.73. The molecular formula is C26H29N3O3. The van der Waals surface area contributed by atoms with E-state index in [0.717, 1.165) is 47.0 Å². The molecule has 6 heteroatoms. The van der Waals surface area contributed by atoms with E-state index in [1.165, 1.54) is 0 Å². The molecule has 0 atom stereocenters. The van der Waals surface area contributed by atoms with Crippen LogP contribution in [0.5, 0.6) is 11.5 Å². The molecule has 0 unspecified atom stereocenters. The Hall–Kier alpha value is -3.54. The third kappa shape index (κ3) is 4.85. The molecule has 1 aromatic heterocycles. The van der Waals surface area contributed by atoms with Gasteiger partial charge in [0, 0.05) is 61.5 Å². The number of methoxy groups -OCH3 is 1. The highest BCUT2D eigenvalue weighted by Gasteiger charge is 2.23. The van der Waals surface area contributed by atoms with E-state index in [1.807, 2.05) is 61.2 Å². The Morgan fingerprint density at radius 3 is 2.41 bits per heavy atom. The zero-order valence-electron chi connectivity index (χ0n) is 18.9. The van der Waals surface area contributed by atoms with Crippen molar-refractivity contribution in [3.63, 3.8) is 0 Å². The summed E-state index contributed by atoms with van der Waals surface area (Å²) in [4.78, 5) is 21.5. The summed E-state index contributed by atoms with van der Waals surface area (Å²) < 4.78 is 11.4. The van der Waals surface area contributed by atoms with Crippen molar-refractivity contribution in [1.82, 2.24) is 9.88 Å². The Kier molecular flexibility index (Phi) is 6.59. The first-order valence-corrected chi connectivity index (χ1v) is 10.9. The van der Waals surface area contributed by atoms with Crippen LogP contribution in [0.2, 0.25) is 0 Å². The summed E-state index contributed by atoms with van der Waals surface area (Å²) in [6, 6.07) is 15.8. The molecule has 32 heavy (non-hydrogen) atoms. The van der Waals surface area contributed by atoms with Crippen molar-refractivity contribution >= 4 is 11.6 Å². The number of rotatable bonds is 6. The smallest absolute Gasteiger partial charge is 0.253 e.